The van der Waals surface area contributed by atoms with Gasteiger partial charge in [0.05, 0.1) is 24.8 Å². The third-order valence-electron chi connectivity index (χ3n) is 6.23. The van der Waals surface area contributed by atoms with E-state index >= 15 is 0 Å². The fourth-order valence-corrected chi connectivity index (χ4v) is 4.34. The van der Waals surface area contributed by atoms with Gasteiger partial charge in [-0.2, -0.15) is 13.2 Å². The summed E-state index contributed by atoms with van der Waals surface area (Å²) in [6.07, 6.45) is 1.38. The van der Waals surface area contributed by atoms with E-state index < -0.39 is 12.1 Å². The number of rotatable bonds is 5. The molecular weight excluding hydrogens is 511 g/mol. The number of hydrogen-bond donors (Lipinski definition) is 1. The maximum absolute atomic E-state index is 13.1. The number of carbonyl (C=O) groups excluding carboxylic acids is 1. The van der Waals surface area contributed by atoms with Crippen molar-refractivity contribution in [3.8, 4) is 11.4 Å². The highest BCUT2D eigenvalue weighted by atomic mass is 19.4. The van der Waals surface area contributed by atoms with Crippen LogP contribution in [0.15, 0.2) is 78.8 Å². The van der Waals surface area contributed by atoms with Gasteiger partial charge in [0.25, 0.3) is 0 Å². The number of imidazole rings is 1. The monoisotopic (exact) mass is 537 g/mol. The third kappa shape index (κ3) is 6.46. The van der Waals surface area contributed by atoms with Gasteiger partial charge in [-0.3, -0.25) is 4.79 Å². The van der Waals surface area contributed by atoms with E-state index in [2.05, 4.69) is 35.3 Å². The number of carboxylic acid groups (broad SMARTS) is 1. The summed E-state index contributed by atoms with van der Waals surface area (Å²) in [6.45, 7) is 3.31. The van der Waals surface area contributed by atoms with Crippen molar-refractivity contribution in [2.24, 2.45) is 0 Å². The van der Waals surface area contributed by atoms with Crippen LogP contribution in [0.5, 0.6) is 5.75 Å². The molecule has 1 aliphatic rings. The number of halogens is 3. The number of alkyl halides is 3. The number of likely N-dealkylation sites (tertiary alicyclic amines) is 1. The summed E-state index contributed by atoms with van der Waals surface area (Å²) in [5.41, 5.74) is 4.84. The van der Waals surface area contributed by atoms with E-state index in [4.69, 9.17) is 14.6 Å². The number of fused-ring (bicyclic) bond motifs is 1. The van der Waals surface area contributed by atoms with Crippen LogP contribution in [-0.4, -0.2) is 51.3 Å². The minimum absolute atomic E-state index is 0.103. The summed E-state index contributed by atoms with van der Waals surface area (Å²) in [6, 6.07) is 20.6. The van der Waals surface area contributed by atoms with Crippen molar-refractivity contribution in [1.29, 1.82) is 0 Å². The van der Waals surface area contributed by atoms with E-state index in [0.29, 0.717) is 6.54 Å². The number of hydrogen-bond acceptors (Lipinski definition) is 4. The number of aliphatic carboxylic acids is 1. The zero-order valence-corrected chi connectivity index (χ0v) is 21.3. The molecule has 1 fully saturated rings. The molecule has 7 nitrogen and oxygen atoms in total. The minimum Gasteiger partial charge on any atom is -0.495 e. The molecule has 202 valence electrons. The molecule has 0 bridgehead atoms. The van der Waals surface area contributed by atoms with Gasteiger partial charge in [0, 0.05) is 24.9 Å². The van der Waals surface area contributed by atoms with Gasteiger partial charge in [0.2, 0.25) is 5.91 Å². The number of benzene rings is 3. The van der Waals surface area contributed by atoms with Gasteiger partial charge in [0.15, 0.2) is 0 Å². The van der Waals surface area contributed by atoms with Crippen molar-refractivity contribution < 1.29 is 32.6 Å². The second kappa shape index (κ2) is 11.4. The van der Waals surface area contributed by atoms with Crippen molar-refractivity contribution >= 4 is 28.7 Å². The molecule has 0 saturated carbocycles. The fraction of sp³-hybridized carbons (Fsp3) is 0.207. The number of ether oxygens (including phenoxy) is 1. The molecule has 1 amide bonds. The second-order valence-corrected chi connectivity index (χ2v) is 8.94. The Kier molecular flexibility index (Phi) is 8.04. The van der Waals surface area contributed by atoms with Crippen LogP contribution in [0.1, 0.15) is 23.2 Å². The Hall–Kier alpha value is -4.60. The molecule has 0 aliphatic carbocycles. The maximum atomic E-state index is 13.1. The number of aromatic nitrogens is 2. The molecule has 10 heteroatoms. The lowest BCUT2D eigenvalue weighted by Crippen LogP contribution is -2.24. The van der Waals surface area contributed by atoms with Gasteiger partial charge in [-0.1, -0.05) is 48.5 Å². The van der Waals surface area contributed by atoms with Crippen LogP contribution in [0.4, 0.5) is 13.2 Å². The van der Waals surface area contributed by atoms with E-state index in [1.807, 2.05) is 59.0 Å². The normalized spacial score (nSPS) is 14.4. The lowest BCUT2D eigenvalue weighted by atomic mass is 10.0. The van der Waals surface area contributed by atoms with Crippen LogP contribution < -0.4 is 4.74 Å². The van der Waals surface area contributed by atoms with Crippen molar-refractivity contribution in [3.63, 3.8) is 0 Å². The first-order valence-corrected chi connectivity index (χ1v) is 12.0. The SMILES string of the molecule is COc1cc(/C=C2/CCN(Cc3cccc4ccccc34)C2=O)ccc1-n1cnc(C)c1.O=C(O)C(F)(F)F. The number of carbonyl (C=O) groups is 2. The second-order valence-electron chi connectivity index (χ2n) is 8.94. The van der Waals surface area contributed by atoms with Gasteiger partial charge in [-0.25, -0.2) is 9.78 Å². The van der Waals surface area contributed by atoms with E-state index in [0.717, 1.165) is 41.2 Å². The summed E-state index contributed by atoms with van der Waals surface area (Å²) in [4.78, 5) is 28.2. The summed E-state index contributed by atoms with van der Waals surface area (Å²) < 4.78 is 39.3. The summed E-state index contributed by atoms with van der Waals surface area (Å²) >= 11 is 0. The fourth-order valence-electron chi connectivity index (χ4n) is 4.34. The van der Waals surface area contributed by atoms with E-state index in [-0.39, 0.29) is 5.91 Å². The molecule has 1 aliphatic heterocycles. The van der Waals surface area contributed by atoms with Crippen LogP contribution in [0.2, 0.25) is 0 Å². The number of nitrogens with zero attached hydrogens (tertiary/aromatic N) is 3. The Bertz CT molecular complexity index is 1540. The average molecular weight is 538 g/mol. The Morgan fingerprint density at radius 2 is 1.85 bits per heavy atom. The van der Waals surface area contributed by atoms with Gasteiger partial charge < -0.3 is 19.3 Å². The maximum Gasteiger partial charge on any atom is 0.490 e. The van der Waals surface area contributed by atoms with Crippen molar-refractivity contribution in [1.82, 2.24) is 14.5 Å². The van der Waals surface area contributed by atoms with Crippen molar-refractivity contribution in [2.75, 3.05) is 13.7 Å². The largest absolute Gasteiger partial charge is 0.495 e. The first kappa shape index (κ1) is 27.4. The van der Waals surface area contributed by atoms with Gasteiger partial charge in [-0.05, 0) is 53.5 Å². The van der Waals surface area contributed by atoms with Crippen LogP contribution in [0.25, 0.3) is 22.5 Å². The predicted octanol–water partition coefficient (Wildman–Crippen LogP) is 5.79. The number of amides is 1. The molecule has 2 heterocycles. The minimum atomic E-state index is -5.08. The summed E-state index contributed by atoms with van der Waals surface area (Å²) in [7, 11) is 1.66. The number of aryl methyl sites for hydroxylation is 1. The van der Waals surface area contributed by atoms with E-state index in [1.54, 1.807) is 13.4 Å². The first-order valence-electron chi connectivity index (χ1n) is 12.0. The summed E-state index contributed by atoms with van der Waals surface area (Å²) in [5, 5.41) is 9.53. The van der Waals surface area contributed by atoms with Gasteiger partial charge >= 0.3 is 12.1 Å². The Balaban J connectivity index is 0.000000448. The zero-order valence-electron chi connectivity index (χ0n) is 21.3. The number of carboxylic acids is 1. The quantitative estimate of drug-likeness (QED) is 0.326. The highest BCUT2D eigenvalue weighted by molar-refractivity contribution is 6.00. The van der Waals surface area contributed by atoms with E-state index in [9.17, 15) is 18.0 Å². The highest BCUT2D eigenvalue weighted by Gasteiger charge is 2.38. The zero-order chi connectivity index (χ0) is 28.2. The molecule has 0 atom stereocenters. The average Bonchev–Trinajstić information content (AvgIpc) is 3.49. The molecule has 3 aromatic carbocycles. The molecule has 0 unspecified atom stereocenters. The van der Waals surface area contributed by atoms with Crippen molar-refractivity contribution in [2.45, 2.75) is 26.1 Å². The Labute approximate surface area is 222 Å². The van der Waals surface area contributed by atoms with Gasteiger partial charge in [-0.15, -0.1) is 0 Å². The topological polar surface area (TPSA) is 84.7 Å². The summed E-state index contributed by atoms with van der Waals surface area (Å²) in [5.74, 6) is -1.91. The van der Waals surface area contributed by atoms with Crippen LogP contribution >= 0.6 is 0 Å². The molecule has 0 radical (unpaired) electrons. The molecule has 5 rings (SSSR count). The van der Waals surface area contributed by atoms with Crippen LogP contribution in [0.3, 0.4) is 0 Å². The molecule has 1 saturated heterocycles. The van der Waals surface area contributed by atoms with Crippen LogP contribution in [0, 0.1) is 6.92 Å². The molecule has 4 aromatic rings. The molecule has 1 N–H and O–H groups in total. The van der Waals surface area contributed by atoms with Crippen molar-refractivity contribution in [3.05, 3.63) is 95.6 Å². The highest BCUT2D eigenvalue weighted by Crippen LogP contribution is 2.29. The molecule has 39 heavy (non-hydrogen) atoms. The Morgan fingerprint density at radius 1 is 1.13 bits per heavy atom. The third-order valence-corrected chi connectivity index (χ3v) is 6.23. The lowest BCUT2D eigenvalue weighted by molar-refractivity contribution is -0.192. The van der Waals surface area contributed by atoms with Gasteiger partial charge in [0.1, 0.15) is 5.75 Å². The first-order chi connectivity index (χ1) is 18.6. The lowest BCUT2D eigenvalue weighted by Gasteiger charge is -2.17. The predicted molar refractivity (Wildman–Crippen MR) is 141 cm³/mol. The smallest absolute Gasteiger partial charge is 0.490 e. The Morgan fingerprint density at radius 3 is 2.51 bits per heavy atom. The molecule has 1 aromatic heterocycles. The van der Waals surface area contributed by atoms with Crippen LogP contribution in [-0.2, 0) is 16.1 Å². The molecular formula is C29H26F3N3O4. The number of methoxy groups -OCH3 is 1. The van der Waals surface area contributed by atoms with E-state index in [1.165, 1.54) is 16.3 Å². The molecule has 0 spiro atoms. The standard InChI is InChI=1S/C27H25N3O2.C2HF3O2/c1-19-16-30(18-28-19)25-11-10-20(15-26(25)32-2)14-22-12-13-29(27(22)31)17-23-8-5-7-21-6-3-4-9-24(21)23;3-2(4,5)1(6)7/h3-11,14-16,18H,12-13,17H2,1-2H3;(H,6,7)/b22-14-;.